The molecule has 2 rings (SSSR count). The molecule has 0 aromatic heterocycles. The maximum absolute atomic E-state index is 12.2. The Balaban J connectivity index is 2.00. The Kier molecular flexibility index (Phi) is 6.53. The molecule has 122 valence electrons. The number of primary amides is 1. The first kappa shape index (κ1) is 16.8. The van der Waals surface area contributed by atoms with Gasteiger partial charge in [0.25, 0.3) is 0 Å². The highest BCUT2D eigenvalue weighted by Crippen LogP contribution is 2.34. The Morgan fingerprint density at radius 3 is 2.38 bits per heavy atom. The lowest BCUT2D eigenvalue weighted by Gasteiger charge is -2.35. The van der Waals surface area contributed by atoms with Crippen LogP contribution in [0.3, 0.4) is 0 Å². The monoisotopic (exact) mass is 294 g/mol. The zero-order chi connectivity index (χ0) is 15.1. The van der Waals surface area contributed by atoms with Gasteiger partial charge < -0.3 is 11.1 Å². The second kappa shape index (κ2) is 8.17. The molecule has 21 heavy (non-hydrogen) atoms. The van der Waals surface area contributed by atoms with Crippen molar-refractivity contribution < 1.29 is 4.79 Å². The number of carbonyl (C=O) groups is 1. The Hall–Kier alpha value is -0.570. The molecule has 0 spiro atoms. The molecule has 1 amide bonds. The number of nitrogens with one attached hydrogen (secondary N) is 1. The van der Waals surface area contributed by atoms with Crippen molar-refractivity contribution in [1.82, 2.24) is 5.32 Å². The highest BCUT2D eigenvalue weighted by molar-refractivity contribution is 5.84. The number of amides is 1. The number of rotatable bonds is 5. The molecule has 0 bridgehead atoms. The summed E-state index contributed by atoms with van der Waals surface area (Å²) in [7, 11) is 0. The van der Waals surface area contributed by atoms with Crippen molar-refractivity contribution in [2.45, 2.75) is 102 Å². The maximum Gasteiger partial charge on any atom is 0.237 e. The van der Waals surface area contributed by atoms with E-state index in [0.29, 0.717) is 6.04 Å². The van der Waals surface area contributed by atoms with Gasteiger partial charge in [-0.1, -0.05) is 58.3 Å². The van der Waals surface area contributed by atoms with E-state index in [1.165, 1.54) is 57.8 Å². The summed E-state index contributed by atoms with van der Waals surface area (Å²) in [6, 6.07) is 0.503. The average Bonchev–Trinajstić information content (AvgIpc) is 2.82. The molecule has 3 heteroatoms. The van der Waals surface area contributed by atoms with E-state index in [9.17, 15) is 4.79 Å². The van der Waals surface area contributed by atoms with Crippen LogP contribution in [0, 0.1) is 5.92 Å². The predicted octanol–water partition coefficient (Wildman–Crippen LogP) is 3.90. The van der Waals surface area contributed by atoms with Gasteiger partial charge in [-0.15, -0.1) is 0 Å². The molecule has 0 aliphatic heterocycles. The van der Waals surface area contributed by atoms with Crippen LogP contribution in [-0.2, 0) is 4.79 Å². The molecule has 2 aliphatic rings. The molecule has 2 saturated carbocycles. The molecule has 2 atom stereocenters. The number of carbonyl (C=O) groups excluding carboxylic acids is 1. The van der Waals surface area contributed by atoms with Gasteiger partial charge in [-0.05, 0) is 38.0 Å². The van der Waals surface area contributed by atoms with Crippen LogP contribution in [0.2, 0.25) is 0 Å². The van der Waals surface area contributed by atoms with Crippen LogP contribution in [0.15, 0.2) is 0 Å². The smallest absolute Gasteiger partial charge is 0.237 e. The normalized spacial score (nSPS) is 32.3. The average molecular weight is 294 g/mol. The Morgan fingerprint density at radius 2 is 1.76 bits per heavy atom. The fourth-order valence-corrected chi connectivity index (χ4v) is 4.39. The van der Waals surface area contributed by atoms with Crippen LogP contribution in [0.25, 0.3) is 0 Å². The van der Waals surface area contributed by atoms with Crippen molar-refractivity contribution in [2.24, 2.45) is 11.7 Å². The molecule has 2 aliphatic carbocycles. The van der Waals surface area contributed by atoms with Gasteiger partial charge in [-0.2, -0.15) is 0 Å². The lowest BCUT2D eigenvalue weighted by molar-refractivity contribution is -0.125. The lowest BCUT2D eigenvalue weighted by atomic mass is 9.86. The van der Waals surface area contributed by atoms with E-state index in [1.54, 1.807) is 0 Å². The Morgan fingerprint density at radius 1 is 1.05 bits per heavy atom. The standard InChI is InChI=1S/C18H34N2O/c1-2-8-15-9-7-13-18(14-12-15,17(19)21)20-16-10-5-3-4-6-11-16/h15-16,20H,2-14H2,1H3,(H2,19,21). The maximum atomic E-state index is 12.2. The third-order valence-electron chi connectivity index (χ3n) is 5.70. The van der Waals surface area contributed by atoms with Crippen LogP contribution < -0.4 is 11.1 Å². The summed E-state index contributed by atoms with van der Waals surface area (Å²) in [5.41, 5.74) is 5.43. The summed E-state index contributed by atoms with van der Waals surface area (Å²) < 4.78 is 0. The SMILES string of the molecule is CCCC1CCCC(NC2CCCCCC2)(C(N)=O)CC1. The molecule has 3 nitrogen and oxygen atoms in total. The number of hydrogen-bond donors (Lipinski definition) is 2. The van der Waals surface area contributed by atoms with Crippen LogP contribution in [-0.4, -0.2) is 17.5 Å². The second-order valence-electron chi connectivity index (χ2n) is 7.36. The van der Waals surface area contributed by atoms with Crippen molar-refractivity contribution in [1.29, 1.82) is 0 Å². The molecule has 0 heterocycles. The van der Waals surface area contributed by atoms with Crippen molar-refractivity contribution in [3.05, 3.63) is 0 Å². The van der Waals surface area contributed by atoms with Crippen molar-refractivity contribution in [2.75, 3.05) is 0 Å². The van der Waals surface area contributed by atoms with Gasteiger partial charge in [0.1, 0.15) is 0 Å². The van der Waals surface area contributed by atoms with Gasteiger partial charge in [0.15, 0.2) is 0 Å². The van der Waals surface area contributed by atoms with Crippen LogP contribution in [0.1, 0.15) is 90.4 Å². The summed E-state index contributed by atoms with van der Waals surface area (Å²) in [6.07, 6.45) is 15.8. The molecular weight excluding hydrogens is 260 g/mol. The van der Waals surface area contributed by atoms with E-state index in [4.69, 9.17) is 5.73 Å². The van der Waals surface area contributed by atoms with E-state index in [2.05, 4.69) is 12.2 Å². The van der Waals surface area contributed by atoms with Crippen molar-refractivity contribution in [3.8, 4) is 0 Å². The minimum absolute atomic E-state index is 0.108. The summed E-state index contributed by atoms with van der Waals surface area (Å²) in [5.74, 6) is 0.691. The van der Waals surface area contributed by atoms with Crippen LogP contribution >= 0.6 is 0 Å². The van der Waals surface area contributed by atoms with Gasteiger partial charge in [0.2, 0.25) is 5.91 Å². The zero-order valence-corrected chi connectivity index (χ0v) is 13.8. The minimum Gasteiger partial charge on any atom is -0.368 e. The van der Waals surface area contributed by atoms with Gasteiger partial charge in [0.05, 0.1) is 5.54 Å². The molecular formula is C18H34N2O. The molecule has 2 unspecified atom stereocenters. The fraction of sp³-hybridized carbons (Fsp3) is 0.944. The van der Waals surface area contributed by atoms with E-state index in [1.807, 2.05) is 0 Å². The number of nitrogens with two attached hydrogens (primary N) is 1. The van der Waals surface area contributed by atoms with Gasteiger partial charge in [0, 0.05) is 6.04 Å². The molecule has 3 N–H and O–H groups in total. The summed E-state index contributed by atoms with van der Waals surface area (Å²) in [5, 5.41) is 3.74. The lowest BCUT2D eigenvalue weighted by Crippen LogP contribution is -2.58. The quantitative estimate of drug-likeness (QED) is 0.755. The van der Waals surface area contributed by atoms with E-state index in [0.717, 1.165) is 31.6 Å². The highest BCUT2D eigenvalue weighted by Gasteiger charge is 2.39. The van der Waals surface area contributed by atoms with Crippen molar-refractivity contribution in [3.63, 3.8) is 0 Å². The third kappa shape index (κ3) is 4.70. The fourth-order valence-electron chi connectivity index (χ4n) is 4.39. The van der Waals surface area contributed by atoms with Crippen LogP contribution in [0.5, 0.6) is 0 Å². The second-order valence-corrected chi connectivity index (χ2v) is 7.36. The number of hydrogen-bond acceptors (Lipinski definition) is 2. The third-order valence-corrected chi connectivity index (χ3v) is 5.70. The van der Waals surface area contributed by atoms with E-state index < -0.39 is 5.54 Å². The van der Waals surface area contributed by atoms with Gasteiger partial charge in [-0.3, -0.25) is 4.79 Å². The van der Waals surface area contributed by atoms with E-state index >= 15 is 0 Å². The molecule has 0 saturated heterocycles. The summed E-state index contributed by atoms with van der Waals surface area (Å²) in [4.78, 5) is 12.2. The van der Waals surface area contributed by atoms with E-state index in [-0.39, 0.29) is 5.91 Å². The Bertz CT molecular complexity index is 323. The first-order valence-corrected chi connectivity index (χ1v) is 9.24. The predicted molar refractivity (Wildman–Crippen MR) is 88.0 cm³/mol. The largest absolute Gasteiger partial charge is 0.368 e. The molecule has 0 aromatic rings. The molecule has 2 fully saturated rings. The molecule has 0 aromatic carbocycles. The van der Waals surface area contributed by atoms with Crippen LogP contribution in [0.4, 0.5) is 0 Å². The minimum atomic E-state index is -0.419. The zero-order valence-electron chi connectivity index (χ0n) is 13.8. The summed E-state index contributed by atoms with van der Waals surface area (Å²) in [6.45, 7) is 2.26. The van der Waals surface area contributed by atoms with Gasteiger partial charge in [-0.25, -0.2) is 0 Å². The first-order chi connectivity index (χ1) is 10.2. The first-order valence-electron chi connectivity index (χ1n) is 9.24. The summed E-state index contributed by atoms with van der Waals surface area (Å²) >= 11 is 0. The van der Waals surface area contributed by atoms with Gasteiger partial charge >= 0.3 is 0 Å². The highest BCUT2D eigenvalue weighted by atomic mass is 16.1. The topological polar surface area (TPSA) is 55.1 Å². The van der Waals surface area contributed by atoms with Crippen molar-refractivity contribution >= 4 is 5.91 Å². The molecule has 0 radical (unpaired) electrons. The Labute approximate surface area is 130 Å².